The van der Waals surface area contributed by atoms with Crippen molar-refractivity contribution in [1.82, 2.24) is 4.90 Å². The molecule has 0 N–H and O–H groups in total. The van der Waals surface area contributed by atoms with Crippen molar-refractivity contribution in [2.75, 3.05) is 32.9 Å². The molecule has 2 rings (SSSR count). The van der Waals surface area contributed by atoms with Gasteiger partial charge in [0, 0.05) is 19.1 Å². The summed E-state index contributed by atoms with van der Waals surface area (Å²) in [6.45, 7) is 5.89. The Morgan fingerprint density at radius 3 is 3.06 bits per heavy atom. The first-order valence-corrected chi connectivity index (χ1v) is 5.96. The quantitative estimate of drug-likeness (QED) is 0.801. The van der Waals surface area contributed by atoms with E-state index in [1.807, 2.05) is 0 Å². The third kappa shape index (κ3) is 3.41. The summed E-state index contributed by atoms with van der Waals surface area (Å²) in [5, 5.41) is 0. The Labute approximate surface area is 101 Å². The van der Waals surface area contributed by atoms with Gasteiger partial charge in [0.05, 0.1) is 13.2 Å². The lowest BCUT2D eigenvalue weighted by Crippen LogP contribution is -2.45. The van der Waals surface area contributed by atoms with E-state index in [2.05, 4.69) is 11.8 Å². The molecule has 1 fully saturated rings. The third-order valence-electron chi connectivity index (χ3n) is 2.98. The van der Waals surface area contributed by atoms with Crippen molar-refractivity contribution in [3.05, 3.63) is 30.1 Å². The van der Waals surface area contributed by atoms with Crippen molar-refractivity contribution in [1.29, 1.82) is 0 Å². The normalized spacial score (nSPS) is 21.4. The summed E-state index contributed by atoms with van der Waals surface area (Å²) < 4.78 is 24.1. The molecule has 1 heterocycles. The van der Waals surface area contributed by atoms with E-state index in [4.69, 9.17) is 9.47 Å². The maximum atomic E-state index is 13.3. The minimum Gasteiger partial charge on any atom is -0.489 e. The van der Waals surface area contributed by atoms with Crippen molar-refractivity contribution in [2.45, 2.75) is 13.0 Å². The van der Waals surface area contributed by atoms with Crippen molar-refractivity contribution < 1.29 is 13.9 Å². The van der Waals surface area contributed by atoms with Crippen LogP contribution in [0, 0.1) is 5.82 Å². The lowest BCUT2D eigenvalue weighted by atomic mass is 10.2. The van der Waals surface area contributed by atoms with Crippen LogP contribution in [-0.4, -0.2) is 43.9 Å². The highest BCUT2D eigenvalue weighted by atomic mass is 19.1. The van der Waals surface area contributed by atoms with Crippen molar-refractivity contribution in [3.8, 4) is 5.75 Å². The molecule has 0 aliphatic carbocycles. The molecular formula is C13H18FNO2. The van der Waals surface area contributed by atoms with Gasteiger partial charge in [-0.1, -0.05) is 12.1 Å². The first-order valence-electron chi connectivity index (χ1n) is 5.96. The van der Waals surface area contributed by atoms with Gasteiger partial charge >= 0.3 is 0 Å². The lowest BCUT2D eigenvalue weighted by Gasteiger charge is -2.32. The first kappa shape index (κ1) is 12.3. The van der Waals surface area contributed by atoms with Gasteiger partial charge < -0.3 is 9.47 Å². The molecule has 1 aromatic carbocycles. The zero-order chi connectivity index (χ0) is 12.1. The van der Waals surface area contributed by atoms with Gasteiger partial charge in [-0.05, 0) is 19.1 Å². The number of morpholine rings is 1. The van der Waals surface area contributed by atoms with Gasteiger partial charge in [0.15, 0.2) is 11.6 Å². The van der Waals surface area contributed by atoms with Gasteiger partial charge in [-0.25, -0.2) is 4.39 Å². The van der Waals surface area contributed by atoms with Crippen LogP contribution in [0.15, 0.2) is 24.3 Å². The molecule has 0 amide bonds. The summed E-state index contributed by atoms with van der Waals surface area (Å²) in [6, 6.07) is 6.90. The summed E-state index contributed by atoms with van der Waals surface area (Å²) in [6.07, 6.45) is 0. The molecule has 0 saturated carbocycles. The Kier molecular flexibility index (Phi) is 4.34. The monoisotopic (exact) mass is 239 g/mol. The predicted octanol–water partition coefficient (Wildman–Crippen LogP) is 1.93. The molecule has 0 radical (unpaired) electrons. The van der Waals surface area contributed by atoms with E-state index in [0.717, 1.165) is 26.3 Å². The second-order valence-electron chi connectivity index (χ2n) is 4.24. The average molecular weight is 239 g/mol. The first-order chi connectivity index (χ1) is 8.27. The number of nitrogens with zero attached hydrogens (tertiary/aromatic N) is 1. The molecule has 94 valence electrons. The molecule has 4 heteroatoms. The number of halogens is 1. The second kappa shape index (κ2) is 5.98. The van der Waals surface area contributed by atoms with Gasteiger partial charge in [0.2, 0.25) is 0 Å². The van der Waals surface area contributed by atoms with Gasteiger partial charge in [0.25, 0.3) is 0 Å². The summed E-state index contributed by atoms with van der Waals surface area (Å²) in [4.78, 5) is 2.30. The van der Waals surface area contributed by atoms with E-state index in [0.29, 0.717) is 18.4 Å². The second-order valence-corrected chi connectivity index (χ2v) is 4.24. The minimum atomic E-state index is -0.303. The SMILES string of the molecule is C[C@H]1COCCN1CCOc1ccccc1F. The average Bonchev–Trinajstić information content (AvgIpc) is 2.34. The third-order valence-corrected chi connectivity index (χ3v) is 2.98. The summed E-state index contributed by atoms with van der Waals surface area (Å²) in [5.74, 6) is 0.0240. The zero-order valence-corrected chi connectivity index (χ0v) is 10.1. The zero-order valence-electron chi connectivity index (χ0n) is 10.1. The maximum Gasteiger partial charge on any atom is 0.165 e. The molecule has 0 bridgehead atoms. The Hall–Kier alpha value is -1.13. The molecule has 1 aliphatic heterocycles. The van der Waals surface area contributed by atoms with Crippen LogP contribution < -0.4 is 4.74 Å². The molecule has 1 atom stereocenters. The predicted molar refractivity (Wildman–Crippen MR) is 63.7 cm³/mol. The van der Waals surface area contributed by atoms with Crippen molar-refractivity contribution in [2.24, 2.45) is 0 Å². The van der Waals surface area contributed by atoms with E-state index in [1.165, 1.54) is 6.07 Å². The maximum absolute atomic E-state index is 13.3. The van der Waals surface area contributed by atoms with E-state index in [-0.39, 0.29) is 5.82 Å². The summed E-state index contributed by atoms with van der Waals surface area (Å²) >= 11 is 0. The molecule has 0 aromatic heterocycles. The largest absolute Gasteiger partial charge is 0.489 e. The van der Waals surface area contributed by atoms with Crippen LogP contribution in [-0.2, 0) is 4.74 Å². The van der Waals surface area contributed by atoms with Crippen LogP contribution in [0.25, 0.3) is 0 Å². The molecule has 0 spiro atoms. The molecular weight excluding hydrogens is 221 g/mol. The number of hydrogen-bond acceptors (Lipinski definition) is 3. The van der Waals surface area contributed by atoms with Gasteiger partial charge in [-0.2, -0.15) is 0 Å². The van der Waals surface area contributed by atoms with E-state index in [1.54, 1.807) is 18.2 Å². The fraction of sp³-hybridized carbons (Fsp3) is 0.538. The number of para-hydroxylation sites is 1. The van der Waals surface area contributed by atoms with Crippen LogP contribution in [0.5, 0.6) is 5.75 Å². The number of ether oxygens (including phenoxy) is 2. The van der Waals surface area contributed by atoms with Crippen LogP contribution in [0.4, 0.5) is 4.39 Å². The van der Waals surface area contributed by atoms with E-state index < -0.39 is 0 Å². The van der Waals surface area contributed by atoms with E-state index in [9.17, 15) is 4.39 Å². The highest BCUT2D eigenvalue weighted by Gasteiger charge is 2.18. The molecule has 1 saturated heterocycles. The van der Waals surface area contributed by atoms with Crippen LogP contribution in [0.3, 0.4) is 0 Å². The lowest BCUT2D eigenvalue weighted by molar-refractivity contribution is -0.00530. The number of benzene rings is 1. The van der Waals surface area contributed by atoms with Crippen molar-refractivity contribution in [3.63, 3.8) is 0 Å². The minimum absolute atomic E-state index is 0.303. The molecule has 1 aromatic rings. The Bertz CT molecular complexity index is 359. The van der Waals surface area contributed by atoms with Crippen molar-refractivity contribution >= 4 is 0 Å². The number of rotatable bonds is 4. The van der Waals surface area contributed by atoms with Gasteiger partial charge in [-0.15, -0.1) is 0 Å². The Morgan fingerprint density at radius 2 is 2.29 bits per heavy atom. The standard InChI is InChI=1S/C13H18FNO2/c1-11-10-16-8-6-15(11)7-9-17-13-5-3-2-4-12(13)14/h2-5,11H,6-10H2,1H3/t11-/m0/s1. The molecule has 17 heavy (non-hydrogen) atoms. The fourth-order valence-electron chi connectivity index (χ4n) is 1.93. The molecule has 1 aliphatic rings. The summed E-state index contributed by atoms with van der Waals surface area (Å²) in [7, 11) is 0. The molecule has 0 unspecified atom stereocenters. The number of hydrogen-bond donors (Lipinski definition) is 0. The smallest absolute Gasteiger partial charge is 0.165 e. The highest BCUT2D eigenvalue weighted by Crippen LogP contribution is 2.15. The topological polar surface area (TPSA) is 21.7 Å². The van der Waals surface area contributed by atoms with Crippen LogP contribution in [0.1, 0.15) is 6.92 Å². The Balaban J connectivity index is 1.77. The Morgan fingerprint density at radius 1 is 1.47 bits per heavy atom. The summed E-state index contributed by atoms with van der Waals surface area (Å²) in [5.41, 5.74) is 0. The highest BCUT2D eigenvalue weighted by molar-refractivity contribution is 5.23. The van der Waals surface area contributed by atoms with Crippen LogP contribution in [0.2, 0.25) is 0 Å². The molecule has 3 nitrogen and oxygen atoms in total. The van der Waals surface area contributed by atoms with E-state index >= 15 is 0 Å². The van der Waals surface area contributed by atoms with Gasteiger partial charge in [-0.3, -0.25) is 4.90 Å². The van der Waals surface area contributed by atoms with Gasteiger partial charge in [0.1, 0.15) is 6.61 Å². The fourth-order valence-corrected chi connectivity index (χ4v) is 1.93. The van der Waals surface area contributed by atoms with Crippen LogP contribution >= 0.6 is 0 Å².